The van der Waals surface area contributed by atoms with Crippen molar-refractivity contribution >= 4 is 11.6 Å². The van der Waals surface area contributed by atoms with Crippen LogP contribution in [0.4, 0.5) is 0 Å². The number of nitrogens with zero attached hydrogens (tertiary/aromatic N) is 2. The van der Waals surface area contributed by atoms with E-state index in [0.717, 1.165) is 5.56 Å². The number of hydrogen-bond donors (Lipinski definition) is 2. The van der Waals surface area contributed by atoms with Crippen molar-refractivity contribution in [3.05, 3.63) is 59.1 Å². The van der Waals surface area contributed by atoms with Gasteiger partial charge >= 0.3 is 0 Å². The lowest BCUT2D eigenvalue weighted by Gasteiger charge is -2.20. The Hall–Kier alpha value is -1.49. The van der Waals surface area contributed by atoms with Gasteiger partial charge in [0.25, 0.3) is 0 Å². The summed E-state index contributed by atoms with van der Waals surface area (Å²) in [6.07, 6.45) is 2.37. The third-order valence-corrected chi connectivity index (χ3v) is 3.04. The molecule has 1 aromatic carbocycles. The highest BCUT2D eigenvalue weighted by atomic mass is 35.5. The lowest BCUT2D eigenvalue weighted by atomic mass is 9.93. The largest absolute Gasteiger partial charge is 0.384 e. The normalized spacial score (nSPS) is 14.2. The highest BCUT2D eigenvalue weighted by molar-refractivity contribution is 6.30. The predicted octanol–water partition coefficient (Wildman–Crippen LogP) is 1.91. The van der Waals surface area contributed by atoms with Crippen molar-refractivity contribution in [3.8, 4) is 0 Å². The molecule has 0 saturated heterocycles. The second kappa shape index (κ2) is 5.91. The maximum atomic E-state index is 10.3. The van der Waals surface area contributed by atoms with Gasteiger partial charge in [-0.1, -0.05) is 23.7 Å². The van der Waals surface area contributed by atoms with Crippen molar-refractivity contribution in [2.24, 2.45) is 5.73 Å². The lowest BCUT2D eigenvalue weighted by Crippen LogP contribution is -2.21. The van der Waals surface area contributed by atoms with Crippen molar-refractivity contribution < 1.29 is 5.11 Å². The summed E-state index contributed by atoms with van der Waals surface area (Å²) in [6, 6.07) is 8.96. The molecule has 18 heavy (non-hydrogen) atoms. The van der Waals surface area contributed by atoms with Gasteiger partial charge in [0.1, 0.15) is 6.10 Å². The van der Waals surface area contributed by atoms with Gasteiger partial charge in [-0.15, -0.1) is 0 Å². The van der Waals surface area contributed by atoms with Crippen LogP contribution in [0, 0.1) is 0 Å². The molecule has 0 bridgehead atoms. The van der Waals surface area contributed by atoms with Gasteiger partial charge in [0, 0.05) is 29.9 Å². The maximum Gasteiger partial charge on any atom is 0.157 e. The van der Waals surface area contributed by atoms with Crippen LogP contribution in [0.2, 0.25) is 5.02 Å². The van der Waals surface area contributed by atoms with Gasteiger partial charge in [0.05, 0.1) is 0 Å². The van der Waals surface area contributed by atoms with Crippen LogP contribution in [0.3, 0.4) is 0 Å². The second-order valence-corrected chi connectivity index (χ2v) is 4.38. The smallest absolute Gasteiger partial charge is 0.157 e. The van der Waals surface area contributed by atoms with E-state index in [1.54, 1.807) is 30.6 Å². The van der Waals surface area contributed by atoms with Crippen molar-refractivity contribution in [1.82, 2.24) is 9.97 Å². The van der Waals surface area contributed by atoms with E-state index in [1.807, 2.05) is 12.1 Å². The zero-order valence-electron chi connectivity index (χ0n) is 9.70. The third kappa shape index (κ3) is 2.85. The molecule has 1 heterocycles. The summed E-state index contributed by atoms with van der Waals surface area (Å²) >= 11 is 5.84. The molecule has 0 amide bonds. The topological polar surface area (TPSA) is 72.0 Å². The molecule has 0 radical (unpaired) electrons. The summed E-state index contributed by atoms with van der Waals surface area (Å²) in [4.78, 5) is 8.10. The second-order valence-electron chi connectivity index (χ2n) is 3.95. The van der Waals surface area contributed by atoms with E-state index in [-0.39, 0.29) is 5.92 Å². The summed E-state index contributed by atoms with van der Waals surface area (Å²) < 4.78 is 0. The molecular weight excluding hydrogens is 250 g/mol. The molecule has 5 heteroatoms. The molecule has 1 aromatic heterocycles. The number of halogens is 1. The minimum Gasteiger partial charge on any atom is -0.384 e. The van der Waals surface area contributed by atoms with E-state index in [0.29, 0.717) is 17.4 Å². The molecule has 2 rings (SSSR count). The van der Waals surface area contributed by atoms with Crippen molar-refractivity contribution in [2.45, 2.75) is 12.0 Å². The molecule has 0 saturated carbocycles. The first-order valence-electron chi connectivity index (χ1n) is 5.63. The van der Waals surface area contributed by atoms with Crippen LogP contribution < -0.4 is 5.73 Å². The monoisotopic (exact) mass is 263 g/mol. The summed E-state index contributed by atoms with van der Waals surface area (Å²) in [5.74, 6) is 0.132. The molecule has 0 aliphatic carbocycles. The molecule has 2 atom stereocenters. The minimum atomic E-state index is -0.822. The van der Waals surface area contributed by atoms with Gasteiger partial charge in [0.2, 0.25) is 0 Å². The fourth-order valence-electron chi connectivity index (χ4n) is 1.80. The molecule has 2 unspecified atom stereocenters. The number of rotatable bonds is 4. The van der Waals surface area contributed by atoms with Gasteiger partial charge in [-0.3, -0.25) is 0 Å². The fourth-order valence-corrected chi connectivity index (χ4v) is 1.93. The Labute approximate surface area is 110 Å². The molecule has 3 N–H and O–H groups in total. The van der Waals surface area contributed by atoms with Gasteiger partial charge in [-0.05, 0) is 23.8 Å². The predicted molar refractivity (Wildman–Crippen MR) is 70.2 cm³/mol. The Morgan fingerprint density at radius 1 is 1.17 bits per heavy atom. The first-order chi connectivity index (χ1) is 8.72. The van der Waals surface area contributed by atoms with Crippen LogP contribution in [0.5, 0.6) is 0 Å². The number of hydrogen-bond acceptors (Lipinski definition) is 4. The number of aliphatic hydroxyl groups is 1. The Morgan fingerprint density at radius 3 is 2.33 bits per heavy atom. The van der Waals surface area contributed by atoms with Crippen LogP contribution in [0.1, 0.15) is 23.4 Å². The van der Waals surface area contributed by atoms with Gasteiger partial charge < -0.3 is 10.8 Å². The Morgan fingerprint density at radius 2 is 1.78 bits per heavy atom. The summed E-state index contributed by atoms with van der Waals surface area (Å²) in [5.41, 5.74) is 6.65. The summed E-state index contributed by atoms with van der Waals surface area (Å²) in [6.45, 7) is 0.307. The quantitative estimate of drug-likeness (QED) is 0.884. The zero-order valence-corrected chi connectivity index (χ0v) is 10.5. The average molecular weight is 264 g/mol. The van der Waals surface area contributed by atoms with Crippen molar-refractivity contribution in [1.29, 1.82) is 0 Å². The molecular formula is C13H14ClN3O. The Bertz CT molecular complexity index is 489. The lowest BCUT2D eigenvalue weighted by molar-refractivity contribution is 0.138. The Balaban J connectivity index is 2.26. The van der Waals surface area contributed by atoms with Gasteiger partial charge in [-0.25, -0.2) is 9.97 Å². The van der Waals surface area contributed by atoms with Crippen LogP contribution >= 0.6 is 11.6 Å². The number of nitrogens with two attached hydrogens (primary N) is 1. The molecule has 94 valence electrons. The van der Waals surface area contributed by atoms with E-state index in [4.69, 9.17) is 17.3 Å². The first-order valence-corrected chi connectivity index (χ1v) is 6.00. The summed E-state index contributed by atoms with van der Waals surface area (Å²) in [5, 5.41) is 10.9. The number of aliphatic hydroxyl groups excluding tert-OH is 1. The van der Waals surface area contributed by atoms with Gasteiger partial charge in [-0.2, -0.15) is 0 Å². The van der Waals surface area contributed by atoms with Crippen LogP contribution in [-0.4, -0.2) is 21.6 Å². The average Bonchev–Trinajstić information content (AvgIpc) is 2.42. The molecule has 2 aromatic rings. The van der Waals surface area contributed by atoms with E-state index >= 15 is 0 Å². The molecule has 4 nitrogen and oxygen atoms in total. The molecule has 0 spiro atoms. The molecule has 0 aliphatic heterocycles. The van der Waals surface area contributed by atoms with Crippen LogP contribution in [-0.2, 0) is 0 Å². The van der Waals surface area contributed by atoms with E-state index in [9.17, 15) is 5.11 Å². The highest BCUT2D eigenvalue weighted by Gasteiger charge is 2.23. The number of aromatic nitrogens is 2. The van der Waals surface area contributed by atoms with E-state index in [2.05, 4.69) is 9.97 Å². The highest BCUT2D eigenvalue weighted by Crippen LogP contribution is 2.28. The fraction of sp³-hybridized carbons (Fsp3) is 0.231. The van der Waals surface area contributed by atoms with Crippen LogP contribution in [0.15, 0.2) is 42.7 Å². The zero-order chi connectivity index (χ0) is 13.0. The Kier molecular flexibility index (Phi) is 4.25. The van der Waals surface area contributed by atoms with E-state index in [1.165, 1.54) is 0 Å². The standard InChI is InChI=1S/C13H14ClN3O/c14-10-4-2-9(3-5-10)11(8-15)12(18)13-16-6-1-7-17-13/h1-7,11-12,18H,8,15H2. The molecule has 0 fully saturated rings. The van der Waals surface area contributed by atoms with Crippen molar-refractivity contribution in [3.63, 3.8) is 0 Å². The van der Waals surface area contributed by atoms with Crippen LogP contribution in [0.25, 0.3) is 0 Å². The summed E-state index contributed by atoms with van der Waals surface area (Å²) in [7, 11) is 0. The third-order valence-electron chi connectivity index (χ3n) is 2.78. The first kappa shape index (κ1) is 13.0. The van der Waals surface area contributed by atoms with Crippen molar-refractivity contribution in [2.75, 3.05) is 6.54 Å². The SMILES string of the molecule is NCC(c1ccc(Cl)cc1)C(O)c1ncccn1. The number of benzene rings is 1. The molecule has 0 aliphatic rings. The maximum absolute atomic E-state index is 10.3. The van der Waals surface area contributed by atoms with E-state index < -0.39 is 6.10 Å². The minimum absolute atomic E-state index is 0.246. The van der Waals surface area contributed by atoms with Gasteiger partial charge in [0.15, 0.2) is 5.82 Å².